The van der Waals surface area contributed by atoms with Crippen molar-refractivity contribution in [2.24, 2.45) is 5.73 Å². The van der Waals surface area contributed by atoms with Crippen molar-refractivity contribution >= 4 is 17.6 Å². The minimum Gasteiger partial charge on any atom is -0.481 e. The van der Waals surface area contributed by atoms with Crippen LogP contribution in [0.2, 0.25) is 0 Å². The summed E-state index contributed by atoms with van der Waals surface area (Å²) in [4.78, 5) is 22.0. The zero-order valence-electron chi connectivity index (χ0n) is 13.3. The second-order valence-electron chi connectivity index (χ2n) is 4.90. The minimum atomic E-state index is -0.833. The van der Waals surface area contributed by atoms with Gasteiger partial charge in [-0.1, -0.05) is 6.07 Å². The molecule has 0 aliphatic carbocycles. The van der Waals surface area contributed by atoms with Gasteiger partial charge >= 0.3 is 0 Å². The van der Waals surface area contributed by atoms with Crippen LogP contribution in [0.1, 0.15) is 17.3 Å². The number of benzene rings is 2. The Kier molecular flexibility index (Phi) is 6.61. The van der Waals surface area contributed by atoms with Crippen molar-refractivity contribution in [3.63, 3.8) is 0 Å². The average molecular weight is 316 g/mol. The lowest BCUT2D eigenvalue weighted by molar-refractivity contribution is -0.134. The molecule has 0 saturated carbocycles. The summed E-state index contributed by atoms with van der Waals surface area (Å²) in [6, 6.07) is 14.5. The van der Waals surface area contributed by atoms with Gasteiger partial charge in [0.1, 0.15) is 11.5 Å². The largest absolute Gasteiger partial charge is 0.481 e. The fourth-order valence-corrected chi connectivity index (χ4v) is 1.65. The monoisotopic (exact) mass is 316 g/mol. The number of primary amides is 1. The number of carboxylic acid groups (broad SMARTS) is 1. The molecule has 3 N–H and O–H groups in total. The zero-order chi connectivity index (χ0) is 17.4. The molecule has 0 radical (unpaired) electrons. The topological polar surface area (TPSA) is 92.9 Å². The number of hydrogen-bond acceptors (Lipinski definition) is 4. The van der Waals surface area contributed by atoms with Crippen molar-refractivity contribution < 1.29 is 19.4 Å². The summed E-state index contributed by atoms with van der Waals surface area (Å²) in [5, 5.41) is 7.42. The van der Waals surface area contributed by atoms with E-state index in [1.807, 2.05) is 43.3 Å². The minimum absolute atomic E-state index is 0.443. The lowest BCUT2D eigenvalue weighted by Gasteiger charge is -2.14. The molecule has 1 amide bonds. The summed E-state index contributed by atoms with van der Waals surface area (Å²) >= 11 is 0. The smallest absolute Gasteiger partial charge is 0.300 e. The molecule has 23 heavy (non-hydrogen) atoms. The summed E-state index contributed by atoms with van der Waals surface area (Å²) in [5.74, 6) is 0.139. The van der Waals surface area contributed by atoms with E-state index in [-0.39, 0.29) is 0 Å². The van der Waals surface area contributed by atoms with E-state index in [0.29, 0.717) is 11.3 Å². The van der Waals surface area contributed by atoms with E-state index in [0.717, 1.165) is 18.4 Å². The number of hydrogen-bond donors (Lipinski definition) is 2. The lowest BCUT2D eigenvalue weighted by atomic mass is 10.2. The predicted molar refractivity (Wildman–Crippen MR) is 89.1 cm³/mol. The Morgan fingerprint density at radius 1 is 1.04 bits per heavy atom. The molecule has 122 valence electrons. The van der Waals surface area contributed by atoms with Gasteiger partial charge in [0.25, 0.3) is 5.97 Å². The molecule has 6 nitrogen and oxygen atoms in total. The Bertz CT molecular complexity index is 663. The van der Waals surface area contributed by atoms with Crippen LogP contribution in [0.25, 0.3) is 0 Å². The van der Waals surface area contributed by atoms with E-state index < -0.39 is 11.9 Å². The Labute approximate surface area is 135 Å². The average Bonchev–Trinajstić information content (AvgIpc) is 2.47. The Hall–Kier alpha value is -3.02. The fraction of sp³-hybridized carbons (Fsp3) is 0.176. The highest BCUT2D eigenvalue weighted by Gasteiger charge is 2.03. The zero-order valence-corrected chi connectivity index (χ0v) is 13.3. The number of nitrogens with zero attached hydrogens (tertiary/aromatic N) is 1. The molecule has 0 atom stereocenters. The molecule has 2 aromatic carbocycles. The van der Waals surface area contributed by atoms with Gasteiger partial charge in [0.2, 0.25) is 5.91 Å². The number of ether oxygens (including phenoxy) is 1. The van der Waals surface area contributed by atoms with Gasteiger partial charge in [-0.05, 0) is 36.4 Å². The normalized spacial score (nSPS) is 9.35. The molecule has 0 unspecified atom stereocenters. The molecule has 0 fully saturated rings. The highest BCUT2D eigenvalue weighted by atomic mass is 16.5. The van der Waals surface area contributed by atoms with Crippen LogP contribution in [0.3, 0.4) is 0 Å². The molecular weight excluding hydrogens is 296 g/mol. The first-order valence-corrected chi connectivity index (χ1v) is 6.84. The summed E-state index contributed by atoms with van der Waals surface area (Å²) in [6.45, 7) is 1.08. The predicted octanol–water partition coefficient (Wildman–Crippen LogP) is 2.73. The third-order valence-electron chi connectivity index (χ3n) is 2.71. The van der Waals surface area contributed by atoms with E-state index in [1.165, 1.54) is 0 Å². The third-order valence-corrected chi connectivity index (χ3v) is 2.71. The fourth-order valence-electron chi connectivity index (χ4n) is 1.65. The molecule has 0 bridgehead atoms. The Morgan fingerprint density at radius 2 is 1.61 bits per heavy atom. The summed E-state index contributed by atoms with van der Waals surface area (Å²) in [5.41, 5.74) is 6.71. The maximum absolute atomic E-state index is 11.0. The van der Waals surface area contributed by atoms with Gasteiger partial charge in [0.15, 0.2) is 0 Å². The van der Waals surface area contributed by atoms with Crippen molar-refractivity contribution in [3.8, 4) is 11.5 Å². The summed E-state index contributed by atoms with van der Waals surface area (Å²) in [6.07, 6.45) is 0. The number of amides is 1. The molecular formula is C17H20N2O4. The second-order valence-corrected chi connectivity index (χ2v) is 4.90. The van der Waals surface area contributed by atoms with Crippen LogP contribution in [0.4, 0.5) is 5.69 Å². The number of anilines is 1. The van der Waals surface area contributed by atoms with Crippen LogP contribution >= 0.6 is 0 Å². The number of carboxylic acids is 1. The number of rotatable bonds is 4. The lowest BCUT2D eigenvalue weighted by Crippen LogP contribution is -2.10. The Morgan fingerprint density at radius 3 is 2.09 bits per heavy atom. The number of aliphatic carboxylic acids is 1. The van der Waals surface area contributed by atoms with Crippen LogP contribution in [-0.2, 0) is 4.79 Å². The van der Waals surface area contributed by atoms with Crippen molar-refractivity contribution in [1.29, 1.82) is 0 Å². The Balaban J connectivity index is 0.000000593. The van der Waals surface area contributed by atoms with E-state index in [1.54, 1.807) is 24.3 Å². The van der Waals surface area contributed by atoms with Gasteiger partial charge in [-0.15, -0.1) is 0 Å². The summed E-state index contributed by atoms with van der Waals surface area (Å²) in [7, 11) is 3.95. The van der Waals surface area contributed by atoms with E-state index in [2.05, 4.69) is 0 Å². The molecule has 0 heterocycles. The molecule has 6 heteroatoms. The number of nitrogens with two attached hydrogens (primary N) is 1. The molecule has 2 aromatic rings. The number of carbonyl (C=O) groups is 2. The van der Waals surface area contributed by atoms with Gasteiger partial charge in [0.05, 0.1) is 0 Å². The molecule has 0 saturated heterocycles. The van der Waals surface area contributed by atoms with Crippen molar-refractivity contribution in [3.05, 3.63) is 54.1 Å². The summed E-state index contributed by atoms with van der Waals surface area (Å²) < 4.78 is 5.73. The maximum Gasteiger partial charge on any atom is 0.300 e. The SMILES string of the molecule is CC(=O)O.CN(C)c1cccc(Oc2ccc(C(N)=O)cc2)c1. The van der Waals surface area contributed by atoms with Gasteiger partial charge < -0.3 is 20.5 Å². The van der Waals surface area contributed by atoms with E-state index >= 15 is 0 Å². The molecule has 0 spiro atoms. The van der Waals surface area contributed by atoms with Crippen LogP contribution < -0.4 is 15.4 Å². The molecule has 0 aliphatic rings. The van der Waals surface area contributed by atoms with Crippen LogP contribution in [0.5, 0.6) is 11.5 Å². The van der Waals surface area contributed by atoms with Crippen molar-refractivity contribution in [2.75, 3.05) is 19.0 Å². The molecule has 0 aliphatic heterocycles. The number of carbonyl (C=O) groups excluding carboxylic acids is 1. The van der Waals surface area contributed by atoms with Gasteiger partial charge in [-0.2, -0.15) is 0 Å². The third kappa shape index (κ3) is 6.52. The van der Waals surface area contributed by atoms with Crippen LogP contribution in [-0.4, -0.2) is 31.1 Å². The van der Waals surface area contributed by atoms with E-state index in [4.69, 9.17) is 20.4 Å². The van der Waals surface area contributed by atoms with Crippen molar-refractivity contribution in [1.82, 2.24) is 0 Å². The first kappa shape index (κ1) is 18.0. The molecule has 0 aromatic heterocycles. The first-order chi connectivity index (χ1) is 10.8. The van der Waals surface area contributed by atoms with Gasteiger partial charge in [-0.25, -0.2) is 0 Å². The van der Waals surface area contributed by atoms with Crippen LogP contribution in [0.15, 0.2) is 48.5 Å². The second kappa shape index (κ2) is 8.43. The quantitative estimate of drug-likeness (QED) is 0.904. The van der Waals surface area contributed by atoms with E-state index in [9.17, 15) is 4.79 Å². The standard InChI is InChI=1S/C15H16N2O2.C2H4O2/c1-17(2)12-4-3-5-14(10-12)19-13-8-6-11(7-9-13)15(16)18;1-2(3)4/h3-10H,1-2H3,(H2,16,18);1H3,(H,3,4). The van der Waals surface area contributed by atoms with Gasteiger partial charge in [-0.3, -0.25) is 9.59 Å². The van der Waals surface area contributed by atoms with Crippen LogP contribution in [0, 0.1) is 0 Å². The highest BCUT2D eigenvalue weighted by molar-refractivity contribution is 5.92. The highest BCUT2D eigenvalue weighted by Crippen LogP contribution is 2.25. The molecule has 2 rings (SSSR count). The maximum atomic E-state index is 11.0. The van der Waals surface area contributed by atoms with Gasteiger partial charge in [0, 0.05) is 38.3 Å². The van der Waals surface area contributed by atoms with Crippen molar-refractivity contribution in [2.45, 2.75) is 6.92 Å². The first-order valence-electron chi connectivity index (χ1n) is 6.84.